The summed E-state index contributed by atoms with van der Waals surface area (Å²) in [5.41, 5.74) is 17.1. The van der Waals surface area contributed by atoms with Gasteiger partial charge in [-0.1, -0.05) is 183 Å². The summed E-state index contributed by atoms with van der Waals surface area (Å²) in [5, 5.41) is 2.07. The second-order valence-corrected chi connectivity index (χ2v) is 24.9. The predicted molar refractivity (Wildman–Crippen MR) is 333 cm³/mol. The minimum absolute atomic E-state index is 0. The zero-order valence-electron chi connectivity index (χ0n) is 48.0. The average Bonchev–Trinajstić information content (AvgIpc) is 2.56. The first-order valence-corrected chi connectivity index (χ1v) is 28.3. The largest absolute Gasteiger partial charge is 0.510 e. The van der Waals surface area contributed by atoms with Crippen molar-refractivity contribution in [3.05, 3.63) is 242 Å². The van der Waals surface area contributed by atoms with Crippen LogP contribution in [-0.4, -0.2) is 20.8 Å². The van der Waals surface area contributed by atoms with E-state index in [0.29, 0.717) is 11.5 Å². The van der Waals surface area contributed by atoms with Crippen LogP contribution < -0.4 is 35.2 Å². The van der Waals surface area contributed by atoms with Crippen molar-refractivity contribution in [1.29, 1.82) is 0 Å². The summed E-state index contributed by atoms with van der Waals surface area (Å²) in [7, 11) is 0. The molecule has 9 heteroatoms. The predicted octanol–water partition coefficient (Wildman–Crippen LogP) is 16.1. The molecule has 0 spiro atoms. The molecule has 2 aliphatic heterocycles. The van der Waals surface area contributed by atoms with Crippen molar-refractivity contribution < 1.29 is 39.8 Å². The number of benzene rings is 9. The van der Waals surface area contributed by atoms with E-state index in [2.05, 4.69) is 242 Å². The Morgan fingerprint density at radius 1 is 0.506 bits per heavy atom. The Kier molecular flexibility index (Phi) is 13.1. The fourth-order valence-corrected chi connectivity index (χ4v) is 11.8. The van der Waals surface area contributed by atoms with E-state index in [0.717, 1.165) is 101 Å². The molecular formula is C74H61BN4O3Pt-2. The van der Waals surface area contributed by atoms with Crippen molar-refractivity contribution in [1.82, 2.24) is 14.1 Å². The van der Waals surface area contributed by atoms with Crippen LogP contribution in [0.15, 0.2) is 207 Å². The fraction of sp³-hybridized carbons (Fsp3) is 0.162. The number of imidazole rings is 1. The van der Waals surface area contributed by atoms with Gasteiger partial charge in [-0.25, -0.2) is 4.98 Å². The van der Waals surface area contributed by atoms with Gasteiger partial charge >= 0.3 is 0 Å². The third-order valence-corrected chi connectivity index (χ3v) is 16.3. The SMILES string of the molecule is CC(C)(C)c1ccnc(-n2c3[c-]c(Oc4[c-]c(-n5[c-][n+](-c6c(-c7ccccc7)cccc6-c6ccccc6)cc5)ccc4)ccc3c3cc(-c4cc5c6c(c4)Oc4ccc(C(C)(C)C)cc4B6c4cc(C(C)(C)C)ccc4O5)ccc32)c1.[Pt]. The van der Waals surface area contributed by atoms with Gasteiger partial charge in [0.2, 0.25) is 0 Å². The van der Waals surface area contributed by atoms with Crippen molar-refractivity contribution in [3.8, 4) is 85.1 Å². The van der Waals surface area contributed by atoms with Crippen LogP contribution in [0.2, 0.25) is 0 Å². The molecule has 12 aromatic rings. The Hall–Kier alpha value is -8.71. The molecule has 0 fully saturated rings. The van der Waals surface area contributed by atoms with Gasteiger partial charge in [0, 0.05) is 62.1 Å². The van der Waals surface area contributed by atoms with E-state index >= 15 is 0 Å². The maximum absolute atomic E-state index is 6.96. The Labute approximate surface area is 501 Å². The second kappa shape index (κ2) is 20.3. The number of para-hydroxylation sites is 1. The normalized spacial score (nSPS) is 12.7. The van der Waals surface area contributed by atoms with Gasteiger partial charge in [-0.3, -0.25) is 4.57 Å². The average molecular weight is 1260 g/mol. The van der Waals surface area contributed by atoms with E-state index in [4.69, 9.17) is 19.2 Å². The van der Waals surface area contributed by atoms with Gasteiger partial charge in [0.25, 0.3) is 13.0 Å². The molecule has 0 aliphatic carbocycles. The number of ether oxygens (including phenoxy) is 3. The molecular weight excluding hydrogens is 1200 g/mol. The van der Waals surface area contributed by atoms with Gasteiger partial charge < -0.3 is 23.3 Å². The van der Waals surface area contributed by atoms with Crippen LogP contribution in [0, 0.1) is 18.5 Å². The van der Waals surface area contributed by atoms with E-state index in [1.165, 1.54) is 27.6 Å². The van der Waals surface area contributed by atoms with Crippen molar-refractivity contribution in [3.63, 3.8) is 0 Å². The van der Waals surface area contributed by atoms with Crippen molar-refractivity contribution in [2.24, 2.45) is 0 Å². The van der Waals surface area contributed by atoms with Crippen LogP contribution in [0.1, 0.15) is 79.0 Å². The number of hydrogen-bond donors (Lipinski definition) is 0. The number of fused-ring (bicyclic) bond motifs is 7. The van der Waals surface area contributed by atoms with Gasteiger partial charge in [0.05, 0.1) is 5.69 Å². The van der Waals surface area contributed by atoms with Crippen LogP contribution in [0.25, 0.3) is 72.4 Å². The molecule has 0 saturated heterocycles. The van der Waals surface area contributed by atoms with Gasteiger partial charge in [0.15, 0.2) is 0 Å². The molecule has 0 amide bonds. The molecule has 0 atom stereocenters. The van der Waals surface area contributed by atoms with Crippen LogP contribution >= 0.6 is 0 Å². The van der Waals surface area contributed by atoms with E-state index in [1.54, 1.807) is 0 Å². The third kappa shape index (κ3) is 9.67. The summed E-state index contributed by atoms with van der Waals surface area (Å²) in [4.78, 5) is 5.02. The monoisotopic (exact) mass is 1260 g/mol. The molecule has 0 bridgehead atoms. The number of rotatable bonds is 8. The number of nitrogens with zero attached hydrogens (tertiary/aromatic N) is 4. The Morgan fingerprint density at radius 3 is 1.71 bits per heavy atom. The van der Waals surface area contributed by atoms with Gasteiger partial charge in [-0.2, -0.15) is 18.2 Å². The van der Waals surface area contributed by atoms with Crippen LogP contribution in [0.4, 0.5) is 0 Å². The molecule has 0 N–H and O–H groups in total. The second-order valence-electron chi connectivity index (χ2n) is 24.9. The van der Waals surface area contributed by atoms with Crippen molar-refractivity contribution in [2.45, 2.75) is 78.6 Å². The number of aromatic nitrogens is 4. The molecule has 83 heavy (non-hydrogen) atoms. The first-order valence-electron chi connectivity index (χ1n) is 28.3. The molecule has 2 aliphatic rings. The minimum atomic E-state index is -0.102. The van der Waals surface area contributed by atoms with E-state index in [1.807, 2.05) is 59.6 Å². The van der Waals surface area contributed by atoms with E-state index in [-0.39, 0.29) is 44.0 Å². The molecule has 0 unspecified atom stereocenters. The first-order chi connectivity index (χ1) is 39.5. The summed E-state index contributed by atoms with van der Waals surface area (Å²) in [6.07, 6.45) is 9.58. The fourth-order valence-electron chi connectivity index (χ4n) is 11.8. The van der Waals surface area contributed by atoms with E-state index in [9.17, 15) is 0 Å². The maximum Gasteiger partial charge on any atom is 0.267 e. The summed E-state index contributed by atoms with van der Waals surface area (Å²) >= 11 is 0. The molecule has 0 radical (unpaired) electrons. The van der Waals surface area contributed by atoms with Crippen molar-refractivity contribution in [2.75, 3.05) is 0 Å². The van der Waals surface area contributed by atoms with Crippen molar-refractivity contribution >= 4 is 44.9 Å². The number of hydrogen-bond acceptors (Lipinski definition) is 4. The zero-order chi connectivity index (χ0) is 56.2. The maximum atomic E-state index is 6.96. The van der Waals surface area contributed by atoms with Crippen LogP contribution in [0.5, 0.6) is 34.5 Å². The number of pyridine rings is 1. The quantitative estimate of drug-likeness (QED) is 0.0864. The Balaban J connectivity index is 0.00000645. The first kappa shape index (κ1) is 53.6. The Morgan fingerprint density at radius 2 is 1.10 bits per heavy atom. The molecule has 3 aromatic heterocycles. The zero-order valence-corrected chi connectivity index (χ0v) is 50.3. The molecule has 7 nitrogen and oxygen atoms in total. The minimum Gasteiger partial charge on any atom is -0.510 e. The third-order valence-electron chi connectivity index (χ3n) is 16.3. The smallest absolute Gasteiger partial charge is 0.267 e. The van der Waals surface area contributed by atoms with E-state index < -0.39 is 0 Å². The summed E-state index contributed by atoms with van der Waals surface area (Å²) in [6, 6.07) is 73.6. The summed E-state index contributed by atoms with van der Waals surface area (Å²) in [6.45, 7) is 20.2. The van der Waals surface area contributed by atoms with Gasteiger partial charge in [-0.15, -0.1) is 29.7 Å². The molecule has 14 rings (SSSR count). The van der Waals surface area contributed by atoms with Gasteiger partial charge in [-0.05, 0) is 131 Å². The summed E-state index contributed by atoms with van der Waals surface area (Å²) in [5.74, 6) is 5.26. The topological polar surface area (TPSA) is 54.3 Å². The molecule has 410 valence electrons. The summed E-state index contributed by atoms with van der Waals surface area (Å²) < 4.78 is 26.9. The standard InChI is InChI=1S/C74H61BN4O3.Pt/c1-72(2,3)51-27-32-65-61(41-51)75-62-42-52(73(4,5)6)28-33-66(62)82-68-40-50(39-67(81-65)70(68)75)49-26-31-63-60(38-49)59-30-29-56(45-64(59)79(63)69-43-53(34-35-76-69)74(7,8)9)80-55-23-16-22-54(44-55)77-36-37-78(46-77)71-57(47-18-12-10-13-19-47)24-17-25-58(71)48-20-14-11-15-21-48;/h10-43H,1-9H3;/q-2;. The van der Waals surface area contributed by atoms with Crippen LogP contribution in [0.3, 0.4) is 0 Å². The molecule has 9 aromatic carbocycles. The molecule has 0 saturated carbocycles. The van der Waals surface area contributed by atoms with Gasteiger partial charge in [0.1, 0.15) is 28.8 Å². The molecule has 5 heterocycles. The Bertz CT molecular complexity index is 4360. The van der Waals surface area contributed by atoms with Crippen LogP contribution in [-0.2, 0) is 37.3 Å².